The average Bonchev–Trinajstić information content (AvgIpc) is 3.06. The summed E-state index contributed by atoms with van der Waals surface area (Å²) in [5.74, 6) is 0.894. The molecule has 9 heteroatoms. The highest BCUT2D eigenvalue weighted by Crippen LogP contribution is 2.27. The summed E-state index contributed by atoms with van der Waals surface area (Å²) >= 11 is 1.17. The number of thiophene rings is 1. The topological polar surface area (TPSA) is 93.8 Å². The maximum absolute atomic E-state index is 12.6. The number of carbonyl (C=O) groups excluding carboxylic acids is 1. The number of ether oxygens (including phenoxy) is 3. The SMILES string of the molecule is COCCOC(=O)c1sc2nc(CN(C)CCOc3ccc(C)cc3)[nH]c(=O)c2c1C. The maximum Gasteiger partial charge on any atom is 0.348 e. The van der Waals surface area contributed by atoms with Crippen LogP contribution < -0.4 is 10.3 Å². The number of aryl methyl sites for hydroxylation is 2. The molecule has 1 aromatic carbocycles. The molecule has 0 amide bonds. The van der Waals surface area contributed by atoms with E-state index in [2.05, 4.69) is 9.97 Å². The molecule has 0 aliphatic rings. The van der Waals surface area contributed by atoms with Crippen LogP contribution in [0, 0.1) is 13.8 Å². The lowest BCUT2D eigenvalue weighted by Gasteiger charge is -2.16. The molecular weight excluding hydrogens is 418 g/mol. The minimum absolute atomic E-state index is 0.160. The highest BCUT2D eigenvalue weighted by molar-refractivity contribution is 7.20. The second-order valence-electron chi connectivity index (χ2n) is 7.28. The highest BCUT2D eigenvalue weighted by Gasteiger charge is 2.20. The van der Waals surface area contributed by atoms with E-state index in [1.54, 1.807) is 6.92 Å². The second kappa shape index (κ2) is 10.5. The molecule has 0 atom stereocenters. The third-order valence-corrected chi connectivity index (χ3v) is 5.90. The van der Waals surface area contributed by atoms with Crippen molar-refractivity contribution in [2.45, 2.75) is 20.4 Å². The second-order valence-corrected chi connectivity index (χ2v) is 8.28. The Bertz CT molecular complexity index is 1090. The molecule has 0 bridgehead atoms. The number of fused-ring (bicyclic) bond motifs is 1. The van der Waals surface area contributed by atoms with Gasteiger partial charge in [0.05, 0.1) is 18.5 Å². The molecule has 31 heavy (non-hydrogen) atoms. The molecule has 0 fully saturated rings. The standard InChI is InChI=1S/C22H27N3O5S/c1-14-5-7-16(8-6-14)29-10-9-25(3)13-17-23-20(26)18-15(2)19(31-21(18)24-17)22(27)30-12-11-28-4/h5-8H,9-13H2,1-4H3,(H,23,24,26). The Hall–Kier alpha value is -2.75. The molecule has 166 valence electrons. The van der Waals surface area contributed by atoms with E-state index >= 15 is 0 Å². The van der Waals surface area contributed by atoms with Crippen molar-refractivity contribution in [1.82, 2.24) is 14.9 Å². The van der Waals surface area contributed by atoms with Crippen molar-refractivity contribution in [3.63, 3.8) is 0 Å². The normalized spacial score (nSPS) is 11.3. The summed E-state index contributed by atoms with van der Waals surface area (Å²) in [5.41, 5.74) is 1.52. The van der Waals surface area contributed by atoms with E-state index < -0.39 is 5.97 Å². The number of carbonyl (C=O) groups is 1. The quantitative estimate of drug-likeness (QED) is 0.379. The number of H-pyrrole nitrogens is 1. The van der Waals surface area contributed by atoms with Gasteiger partial charge in [-0.3, -0.25) is 9.69 Å². The van der Waals surface area contributed by atoms with Crippen molar-refractivity contribution < 1.29 is 19.0 Å². The lowest BCUT2D eigenvalue weighted by molar-refractivity contribution is 0.0393. The summed E-state index contributed by atoms with van der Waals surface area (Å²) in [5, 5.41) is 0.429. The number of aromatic nitrogens is 2. The first-order chi connectivity index (χ1) is 14.9. The van der Waals surface area contributed by atoms with Crippen molar-refractivity contribution >= 4 is 27.5 Å². The van der Waals surface area contributed by atoms with E-state index in [0.29, 0.717) is 52.8 Å². The number of hydrogen-bond donors (Lipinski definition) is 1. The van der Waals surface area contributed by atoms with Gasteiger partial charge in [0.2, 0.25) is 0 Å². The summed E-state index contributed by atoms with van der Waals surface area (Å²) in [6, 6.07) is 7.90. The highest BCUT2D eigenvalue weighted by atomic mass is 32.1. The summed E-state index contributed by atoms with van der Waals surface area (Å²) in [7, 11) is 3.47. The first kappa shape index (κ1) is 22.9. The monoisotopic (exact) mass is 445 g/mol. The molecule has 0 aliphatic carbocycles. The van der Waals surface area contributed by atoms with Gasteiger partial charge in [-0.25, -0.2) is 9.78 Å². The molecule has 0 saturated carbocycles. The lowest BCUT2D eigenvalue weighted by atomic mass is 10.2. The van der Waals surface area contributed by atoms with Gasteiger partial charge in [-0.2, -0.15) is 0 Å². The Balaban J connectivity index is 1.64. The molecule has 8 nitrogen and oxygen atoms in total. The van der Waals surface area contributed by atoms with Crippen LogP contribution >= 0.6 is 11.3 Å². The fourth-order valence-electron chi connectivity index (χ4n) is 3.03. The molecule has 1 N–H and O–H groups in total. The van der Waals surface area contributed by atoms with Gasteiger partial charge < -0.3 is 19.2 Å². The van der Waals surface area contributed by atoms with Crippen LogP contribution in [-0.2, 0) is 16.0 Å². The van der Waals surface area contributed by atoms with Crippen LogP contribution in [-0.4, -0.2) is 61.4 Å². The van der Waals surface area contributed by atoms with Crippen molar-refractivity contribution in [2.75, 3.05) is 40.5 Å². The van der Waals surface area contributed by atoms with Crippen LogP contribution in [0.1, 0.15) is 26.6 Å². The number of benzene rings is 1. The number of esters is 1. The minimum atomic E-state index is -0.469. The maximum atomic E-state index is 12.6. The fourth-order valence-corrected chi connectivity index (χ4v) is 4.12. The van der Waals surface area contributed by atoms with Crippen LogP contribution in [0.15, 0.2) is 29.1 Å². The number of hydrogen-bond acceptors (Lipinski definition) is 8. The first-order valence-corrected chi connectivity index (χ1v) is 10.8. The molecule has 3 aromatic rings. The lowest BCUT2D eigenvalue weighted by Crippen LogP contribution is -2.26. The van der Waals surface area contributed by atoms with Gasteiger partial charge >= 0.3 is 5.97 Å². The Morgan fingerprint density at radius 2 is 1.90 bits per heavy atom. The molecule has 3 rings (SSSR count). The third-order valence-electron chi connectivity index (χ3n) is 4.74. The van der Waals surface area contributed by atoms with Crippen LogP contribution in [0.3, 0.4) is 0 Å². The number of aromatic amines is 1. The van der Waals surface area contributed by atoms with E-state index in [-0.39, 0.29) is 12.2 Å². The number of rotatable bonds is 10. The van der Waals surface area contributed by atoms with Crippen molar-refractivity contribution in [2.24, 2.45) is 0 Å². The number of likely N-dealkylation sites (N-methyl/N-ethyl adjacent to an activating group) is 1. The van der Waals surface area contributed by atoms with Crippen LogP contribution in [0.2, 0.25) is 0 Å². The zero-order chi connectivity index (χ0) is 22.4. The molecule has 0 aliphatic heterocycles. The van der Waals surface area contributed by atoms with Crippen molar-refractivity contribution in [3.8, 4) is 5.75 Å². The Morgan fingerprint density at radius 3 is 2.61 bits per heavy atom. The average molecular weight is 446 g/mol. The predicted octanol–water partition coefficient (Wildman–Crippen LogP) is 2.92. The van der Waals surface area contributed by atoms with E-state index in [0.717, 1.165) is 5.75 Å². The summed E-state index contributed by atoms with van der Waals surface area (Å²) in [4.78, 5) is 35.2. The predicted molar refractivity (Wildman–Crippen MR) is 120 cm³/mol. The Kier molecular flexibility index (Phi) is 7.78. The van der Waals surface area contributed by atoms with E-state index in [1.807, 2.05) is 43.1 Å². The number of nitrogens with one attached hydrogen (secondary N) is 1. The molecule has 0 radical (unpaired) electrons. The van der Waals surface area contributed by atoms with Gasteiger partial charge in [-0.05, 0) is 38.6 Å². The van der Waals surface area contributed by atoms with E-state index in [4.69, 9.17) is 14.2 Å². The van der Waals surface area contributed by atoms with Crippen molar-refractivity contribution in [1.29, 1.82) is 0 Å². The number of methoxy groups -OCH3 is 1. The molecule has 0 unspecified atom stereocenters. The first-order valence-electron chi connectivity index (χ1n) is 9.95. The zero-order valence-electron chi connectivity index (χ0n) is 18.2. The summed E-state index contributed by atoms with van der Waals surface area (Å²) in [6.07, 6.45) is 0. The fraction of sp³-hybridized carbons (Fsp3) is 0.409. The molecule has 0 spiro atoms. The Labute approximate surface area is 184 Å². The van der Waals surface area contributed by atoms with Crippen molar-refractivity contribution in [3.05, 3.63) is 56.4 Å². The minimum Gasteiger partial charge on any atom is -0.492 e. The third kappa shape index (κ3) is 5.90. The number of nitrogens with zero attached hydrogens (tertiary/aromatic N) is 2. The van der Waals surface area contributed by atoms with Crippen LogP contribution in [0.5, 0.6) is 5.75 Å². The zero-order valence-corrected chi connectivity index (χ0v) is 19.0. The van der Waals surface area contributed by atoms with Gasteiger partial charge in [0, 0.05) is 13.7 Å². The molecule has 0 saturated heterocycles. The molecule has 2 heterocycles. The van der Waals surface area contributed by atoms with Crippen LogP contribution in [0.4, 0.5) is 0 Å². The van der Waals surface area contributed by atoms with Gasteiger partial charge in [0.15, 0.2) is 0 Å². The largest absolute Gasteiger partial charge is 0.492 e. The van der Waals surface area contributed by atoms with Gasteiger partial charge in [-0.15, -0.1) is 11.3 Å². The van der Waals surface area contributed by atoms with Gasteiger partial charge in [0.25, 0.3) is 5.56 Å². The van der Waals surface area contributed by atoms with E-state index in [1.165, 1.54) is 24.0 Å². The van der Waals surface area contributed by atoms with E-state index in [9.17, 15) is 9.59 Å². The summed E-state index contributed by atoms with van der Waals surface area (Å²) < 4.78 is 15.8. The van der Waals surface area contributed by atoms with Gasteiger partial charge in [-0.1, -0.05) is 17.7 Å². The summed E-state index contributed by atoms with van der Waals surface area (Å²) in [6.45, 7) is 5.87. The Morgan fingerprint density at radius 1 is 1.16 bits per heavy atom. The molecule has 2 aromatic heterocycles. The van der Waals surface area contributed by atoms with Gasteiger partial charge in [0.1, 0.15) is 34.5 Å². The smallest absolute Gasteiger partial charge is 0.348 e. The van der Waals surface area contributed by atoms with Crippen LogP contribution in [0.25, 0.3) is 10.2 Å². The molecular formula is C22H27N3O5S.